The second-order valence-corrected chi connectivity index (χ2v) is 17.4. The number of hydrogen-bond acceptors (Lipinski definition) is 9. The summed E-state index contributed by atoms with van der Waals surface area (Å²) >= 11 is 0. The Morgan fingerprint density at radius 3 is 2.35 bits per heavy atom. The quantitative estimate of drug-likeness (QED) is 0.247. The number of aliphatic hydroxyl groups excluding tert-OH is 4. The van der Waals surface area contributed by atoms with Crippen LogP contribution in [0.3, 0.4) is 0 Å². The van der Waals surface area contributed by atoms with Crippen LogP contribution in [0.2, 0.25) is 0 Å². The van der Waals surface area contributed by atoms with Gasteiger partial charge in [0.1, 0.15) is 30.0 Å². The topological polar surface area (TPSA) is 138 Å². The van der Waals surface area contributed by atoms with Crippen molar-refractivity contribution in [1.29, 1.82) is 0 Å². The van der Waals surface area contributed by atoms with Gasteiger partial charge in [-0.25, -0.2) is 0 Å². The number of methoxy groups -OCH3 is 1. The molecule has 0 aromatic heterocycles. The molecule has 0 amide bonds. The molecule has 0 aromatic rings. The fraction of sp³-hybridized carbons (Fsp3) is 0.892. The van der Waals surface area contributed by atoms with E-state index in [1.165, 1.54) is 6.42 Å². The van der Waals surface area contributed by atoms with Gasteiger partial charge < -0.3 is 44.5 Å². The van der Waals surface area contributed by atoms with Crippen LogP contribution in [0, 0.1) is 45.3 Å². The standard InChI is InChI=1S/C37H60O9/c1-21(10-9-15-32(2,3)42)22-13-16-35(7)24-14-17-37-25(36(24,31(43-8)46-37)19-18-34(22,35)6)11-12-26(33(37,4)5)45-30-29(41)28(40)27(39)23(20-38)44-30/h9,14-15,17,21-31,38-42H,10-13,16,18-20H2,1-8H3/b15-9+/t21-,22-,23-,24+,25+,26+,27-,28-,29-,30+,31?,34-,35+,36+,37-/m1/s1. The van der Waals surface area contributed by atoms with Crippen molar-refractivity contribution in [2.75, 3.05) is 13.7 Å². The summed E-state index contributed by atoms with van der Waals surface area (Å²) in [6.07, 6.45) is 8.60. The first kappa shape index (κ1) is 35.0. The fourth-order valence-corrected chi connectivity index (χ4v) is 11.8. The Labute approximate surface area is 275 Å². The lowest BCUT2D eigenvalue weighted by molar-refractivity contribution is -0.331. The molecular formula is C37H60O9. The highest BCUT2D eigenvalue weighted by atomic mass is 16.7. The Kier molecular flexibility index (Phi) is 8.81. The van der Waals surface area contributed by atoms with Crippen LogP contribution < -0.4 is 0 Å². The molecule has 0 aromatic carbocycles. The second-order valence-electron chi connectivity index (χ2n) is 17.4. The minimum Gasteiger partial charge on any atom is -0.394 e. The predicted molar refractivity (Wildman–Crippen MR) is 172 cm³/mol. The molecule has 2 bridgehead atoms. The molecule has 15 atom stereocenters. The first-order valence-electron chi connectivity index (χ1n) is 17.7. The number of hydrogen-bond donors (Lipinski definition) is 5. The van der Waals surface area contributed by atoms with Gasteiger partial charge in [0.25, 0.3) is 0 Å². The van der Waals surface area contributed by atoms with Crippen molar-refractivity contribution in [3.8, 4) is 0 Å². The van der Waals surface area contributed by atoms with Gasteiger partial charge in [0.05, 0.1) is 18.3 Å². The highest BCUT2D eigenvalue weighted by Crippen LogP contribution is 2.79. The molecule has 5 N–H and O–H groups in total. The average Bonchev–Trinajstić information content (AvgIpc) is 3.36. The first-order chi connectivity index (χ1) is 21.4. The van der Waals surface area contributed by atoms with E-state index in [2.05, 4.69) is 52.8 Å². The molecular weight excluding hydrogens is 588 g/mol. The molecule has 4 aliphatic carbocycles. The van der Waals surface area contributed by atoms with Crippen molar-refractivity contribution >= 4 is 0 Å². The summed E-state index contributed by atoms with van der Waals surface area (Å²) in [6, 6.07) is 0. The maximum atomic E-state index is 10.8. The molecule has 6 rings (SSSR count). The van der Waals surface area contributed by atoms with Crippen LogP contribution in [0.15, 0.2) is 24.3 Å². The second kappa shape index (κ2) is 11.6. The molecule has 9 heteroatoms. The Hall–Kier alpha value is -0.880. The van der Waals surface area contributed by atoms with Crippen molar-refractivity contribution < 1.29 is 44.5 Å². The number of allylic oxidation sites excluding steroid dienone is 2. The monoisotopic (exact) mass is 648 g/mol. The van der Waals surface area contributed by atoms with Gasteiger partial charge in [-0.3, -0.25) is 0 Å². The fourth-order valence-electron chi connectivity index (χ4n) is 11.8. The van der Waals surface area contributed by atoms with E-state index in [1.54, 1.807) is 7.11 Å². The van der Waals surface area contributed by atoms with E-state index in [0.717, 1.165) is 38.5 Å². The lowest BCUT2D eigenvalue weighted by atomic mass is 9.38. The van der Waals surface area contributed by atoms with Gasteiger partial charge in [0.15, 0.2) is 12.6 Å². The summed E-state index contributed by atoms with van der Waals surface area (Å²) in [5, 5.41) is 51.5. The normalized spacial score (nSPS) is 51.9. The van der Waals surface area contributed by atoms with Gasteiger partial charge >= 0.3 is 0 Å². The maximum absolute atomic E-state index is 10.8. The molecule has 2 aliphatic heterocycles. The van der Waals surface area contributed by atoms with Gasteiger partial charge in [-0.1, -0.05) is 58.9 Å². The van der Waals surface area contributed by atoms with Crippen molar-refractivity contribution in [2.24, 2.45) is 45.3 Å². The van der Waals surface area contributed by atoms with Crippen LogP contribution in [0.4, 0.5) is 0 Å². The predicted octanol–water partition coefficient (Wildman–Crippen LogP) is 4.09. The number of fused-ring (bicyclic) bond motifs is 2. The summed E-state index contributed by atoms with van der Waals surface area (Å²) < 4.78 is 25.7. The number of ether oxygens (including phenoxy) is 4. The van der Waals surface area contributed by atoms with Crippen LogP contribution in [0.5, 0.6) is 0 Å². The molecule has 1 spiro atoms. The van der Waals surface area contributed by atoms with Gasteiger partial charge in [0, 0.05) is 23.9 Å². The molecule has 2 heterocycles. The summed E-state index contributed by atoms with van der Waals surface area (Å²) in [5.41, 5.74) is -1.94. The molecule has 9 nitrogen and oxygen atoms in total. The van der Waals surface area contributed by atoms with E-state index in [-0.39, 0.29) is 34.6 Å². The van der Waals surface area contributed by atoms with E-state index in [0.29, 0.717) is 17.8 Å². The Bertz CT molecular complexity index is 1190. The SMILES string of the molecule is COC1O[C@]23C=C[C@@H]4[C@@]1(CC[C@]1(C)[C@@H]([C@H](C)C/C=C/C(C)(C)O)CC[C@@]41C)[C@@H]2CC[C@H](O[C@@H]1O[C@H](CO)[C@@H](O)[C@@H](O)[C@H]1O)C3(C)C. The third-order valence-corrected chi connectivity index (χ3v) is 14.5. The van der Waals surface area contributed by atoms with Crippen molar-refractivity contribution in [3.05, 3.63) is 24.3 Å². The number of aliphatic hydroxyl groups is 5. The molecule has 5 fully saturated rings. The zero-order chi connectivity index (χ0) is 33.7. The molecule has 2 saturated heterocycles. The van der Waals surface area contributed by atoms with Crippen LogP contribution >= 0.6 is 0 Å². The van der Waals surface area contributed by atoms with E-state index in [4.69, 9.17) is 18.9 Å². The summed E-state index contributed by atoms with van der Waals surface area (Å²) in [4.78, 5) is 0. The van der Waals surface area contributed by atoms with Crippen LogP contribution in [-0.2, 0) is 18.9 Å². The van der Waals surface area contributed by atoms with Crippen LogP contribution in [-0.4, -0.2) is 93.6 Å². The lowest BCUT2D eigenvalue weighted by Crippen LogP contribution is -2.66. The largest absolute Gasteiger partial charge is 0.394 e. The molecule has 3 saturated carbocycles. The summed E-state index contributed by atoms with van der Waals surface area (Å²) in [6.45, 7) is 14.9. The third-order valence-electron chi connectivity index (χ3n) is 14.5. The zero-order valence-electron chi connectivity index (χ0n) is 29.2. The molecule has 6 aliphatic rings. The minimum absolute atomic E-state index is 0.0745. The van der Waals surface area contributed by atoms with E-state index in [9.17, 15) is 25.5 Å². The van der Waals surface area contributed by atoms with Crippen molar-refractivity contribution in [2.45, 2.75) is 148 Å². The van der Waals surface area contributed by atoms with E-state index < -0.39 is 53.9 Å². The van der Waals surface area contributed by atoms with Crippen LogP contribution in [0.1, 0.15) is 93.4 Å². The minimum atomic E-state index is -1.49. The Morgan fingerprint density at radius 2 is 1.70 bits per heavy atom. The van der Waals surface area contributed by atoms with Gasteiger partial charge in [-0.2, -0.15) is 0 Å². The molecule has 46 heavy (non-hydrogen) atoms. The molecule has 1 unspecified atom stereocenters. The van der Waals surface area contributed by atoms with E-state index >= 15 is 0 Å². The van der Waals surface area contributed by atoms with Crippen molar-refractivity contribution in [3.63, 3.8) is 0 Å². The smallest absolute Gasteiger partial charge is 0.186 e. The first-order valence-corrected chi connectivity index (χ1v) is 17.7. The summed E-state index contributed by atoms with van der Waals surface area (Å²) in [7, 11) is 1.78. The van der Waals surface area contributed by atoms with Crippen molar-refractivity contribution in [1.82, 2.24) is 0 Å². The Balaban J connectivity index is 1.30. The summed E-state index contributed by atoms with van der Waals surface area (Å²) in [5.74, 6) is 1.62. The van der Waals surface area contributed by atoms with Gasteiger partial charge in [-0.05, 0) is 87.4 Å². The van der Waals surface area contributed by atoms with Gasteiger partial charge in [-0.15, -0.1) is 0 Å². The number of rotatable bonds is 8. The molecule has 262 valence electrons. The average molecular weight is 649 g/mol. The molecule has 0 radical (unpaired) electrons. The third kappa shape index (κ3) is 4.73. The Morgan fingerprint density at radius 1 is 0.978 bits per heavy atom. The highest BCUT2D eigenvalue weighted by Gasteiger charge is 2.78. The highest BCUT2D eigenvalue weighted by molar-refractivity contribution is 5.34. The zero-order valence-corrected chi connectivity index (χ0v) is 29.2. The van der Waals surface area contributed by atoms with Gasteiger partial charge in [0.2, 0.25) is 0 Å². The maximum Gasteiger partial charge on any atom is 0.186 e. The lowest BCUT2D eigenvalue weighted by Gasteiger charge is -2.65. The van der Waals surface area contributed by atoms with E-state index in [1.807, 2.05) is 19.9 Å². The van der Waals surface area contributed by atoms with Crippen LogP contribution in [0.25, 0.3) is 0 Å².